The number of ether oxygens (including phenoxy) is 1. The van der Waals surface area contributed by atoms with Gasteiger partial charge in [0, 0.05) is 6.42 Å². The lowest BCUT2D eigenvalue weighted by atomic mass is 9.89. The van der Waals surface area contributed by atoms with Gasteiger partial charge in [0.05, 0.1) is 12.3 Å². The first-order chi connectivity index (χ1) is 11.0. The quantitative estimate of drug-likeness (QED) is 0.476. The third kappa shape index (κ3) is 3.41. The first kappa shape index (κ1) is 16.7. The van der Waals surface area contributed by atoms with Crippen molar-refractivity contribution < 1.29 is 19.1 Å². The zero-order chi connectivity index (χ0) is 16.9. The number of nitrogens with zero attached hydrogens (tertiary/aromatic N) is 1. The summed E-state index contributed by atoms with van der Waals surface area (Å²) in [6.07, 6.45) is 2.04. The summed E-state index contributed by atoms with van der Waals surface area (Å²) in [5, 5.41) is 2.72. The molecule has 0 aromatic heterocycles. The molecule has 1 aliphatic rings. The average molecular weight is 316 g/mol. The van der Waals surface area contributed by atoms with E-state index in [-0.39, 0.29) is 31.8 Å². The number of benzene rings is 1. The van der Waals surface area contributed by atoms with Gasteiger partial charge in [-0.15, -0.1) is 6.58 Å². The first-order valence-corrected chi connectivity index (χ1v) is 7.52. The molecular formula is C17H20N2O4. The van der Waals surface area contributed by atoms with Crippen molar-refractivity contribution in [2.75, 3.05) is 11.5 Å². The van der Waals surface area contributed by atoms with Crippen LogP contribution in [-0.2, 0) is 14.3 Å². The topological polar surface area (TPSA) is 75.7 Å². The summed E-state index contributed by atoms with van der Waals surface area (Å²) in [6.45, 7) is 5.65. The highest BCUT2D eigenvalue weighted by Crippen LogP contribution is 2.30. The molecule has 0 aliphatic carbocycles. The molecule has 0 saturated carbocycles. The Morgan fingerprint density at radius 1 is 1.35 bits per heavy atom. The van der Waals surface area contributed by atoms with Crippen molar-refractivity contribution >= 4 is 23.6 Å². The van der Waals surface area contributed by atoms with E-state index in [2.05, 4.69) is 11.9 Å². The number of para-hydroxylation sites is 1. The van der Waals surface area contributed by atoms with Crippen molar-refractivity contribution in [1.82, 2.24) is 5.32 Å². The van der Waals surface area contributed by atoms with Crippen LogP contribution in [0.1, 0.15) is 26.2 Å². The molecule has 1 heterocycles. The predicted octanol–water partition coefficient (Wildman–Crippen LogP) is 2.40. The van der Waals surface area contributed by atoms with Gasteiger partial charge in [0.25, 0.3) is 5.91 Å². The van der Waals surface area contributed by atoms with E-state index in [1.54, 1.807) is 43.3 Å². The van der Waals surface area contributed by atoms with Crippen molar-refractivity contribution in [3.63, 3.8) is 0 Å². The summed E-state index contributed by atoms with van der Waals surface area (Å²) in [5.41, 5.74) is -0.654. The second-order valence-electron chi connectivity index (χ2n) is 5.29. The molecule has 1 saturated heterocycles. The molecule has 0 bridgehead atoms. The van der Waals surface area contributed by atoms with Crippen LogP contribution >= 0.6 is 0 Å². The van der Waals surface area contributed by atoms with Gasteiger partial charge in [-0.1, -0.05) is 24.3 Å². The highest BCUT2D eigenvalue weighted by molar-refractivity contribution is 6.23. The second-order valence-corrected chi connectivity index (χ2v) is 5.29. The molecule has 1 aromatic rings. The molecule has 1 aromatic carbocycles. The first-order valence-electron chi connectivity index (χ1n) is 7.52. The van der Waals surface area contributed by atoms with Gasteiger partial charge in [0.15, 0.2) is 0 Å². The minimum Gasteiger partial charge on any atom is -0.466 e. The van der Waals surface area contributed by atoms with Crippen LogP contribution in [-0.4, -0.2) is 30.1 Å². The fraction of sp³-hybridized carbons (Fsp3) is 0.353. The number of imide groups is 1. The number of nitrogens with one attached hydrogen (secondary N) is 1. The fourth-order valence-corrected chi connectivity index (χ4v) is 2.64. The number of carbonyl (C=O) groups excluding carboxylic acids is 3. The molecule has 0 radical (unpaired) electrons. The van der Waals surface area contributed by atoms with Crippen molar-refractivity contribution in [3.05, 3.63) is 43.0 Å². The fourth-order valence-electron chi connectivity index (χ4n) is 2.64. The normalized spacial score (nSPS) is 20.3. The van der Waals surface area contributed by atoms with Crippen molar-refractivity contribution in [2.24, 2.45) is 0 Å². The van der Waals surface area contributed by atoms with Crippen LogP contribution < -0.4 is 10.2 Å². The lowest BCUT2D eigenvalue weighted by molar-refractivity contribution is -0.143. The zero-order valence-electron chi connectivity index (χ0n) is 13.1. The molecule has 6 nitrogen and oxygen atoms in total. The molecule has 1 aliphatic heterocycles. The predicted molar refractivity (Wildman–Crippen MR) is 85.9 cm³/mol. The monoisotopic (exact) mass is 316 g/mol. The Hall–Kier alpha value is -2.63. The molecule has 1 N–H and O–H groups in total. The van der Waals surface area contributed by atoms with Gasteiger partial charge in [-0.05, 0) is 31.9 Å². The van der Waals surface area contributed by atoms with Crippen LogP contribution in [0.3, 0.4) is 0 Å². The third-order valence-electron chi connectivity index (χ3n) is 3.73. The largest absolute Gasteiger partial charge is 0.466 e. The molecule has 6 heteroatoms. The number of hydrogen-bond donors (Lipinski definition) is 1. The number of amides is 3. The van der Waals surface area contributed by atoms with Crippen LogP contribution in [0.25, 0.3) is 0 Å². The minimum absolute atomic E-state index is 0.0519. The van der Waals surface area contributed by atoms with Gasteiger partial charge < -0.3 is 10.1 Å². The van der Waals surface area contributed by atoms with E-state index in [0.29, 0.717) is 5.69 Å². The molecule has 0 spiro atoms. The van der Waals surface area contributed by atoms with E-state index in [4.69, 9.17) is 4.74 Å². The average Bonchev–Trinajstić information content (AvgIpc) is 2.78. The molecule has 1 unspecified atom stereocenters. The van der Waals surface area contributed by atoms with Crippen molar-refractivity contribution in [1.29, 1.82) is 0 Å². The summed E-state index contributed by atoms with van der Waals surface area (Å²) in [6, 6.07) is 8.19. The van der Waals surface area contributed by atoms with Crippen molar-refractivity contribution in [2.45, 2.75) is 31.7 Å². The Morgan fingerprint density at radius 2 is 2.04 bits per heavy atom. The van der Waals surface area contributed by atoms with Gasteiger partial charge >= 0.3 is 12.0 Å². The van der Waals surface area contributed by atoms with E-state index in [1.807, 2.05) is 0 Å². The molecule has 2 rings (SSSR count). The van der Waals surface area contributed by atoms with Gasteiger partial charge in [0.2, 0.25) is 0 Å². The molecule has 3 amide bonds. The van der Waals surface area contributed by atoms with Gasteiger partial charge in [-0.25, -0.2) is 9.69 Å². The van der Waals surface area contributed by atoms with E-state index in [0.717, 1.165) is 4.90 Å². The maximum atomic E-state index is 12.8. The maximum absolute atomic E-state index is 12.8. The lowest BCUT2D eigenvalue weighted by Gasteiger charge is -2.25. The zero-order valence-corrected chi connectivity index (χ0v) is 13.1. The smallest absolute Gasteiger partial charge is 0.329 e. The van der Waals surface area contributed by atoms with Crippen LogP contribution in [0.5, 0.6) is 0 Å². The number of carbonyl (C=O) groups is 3. The standard InChI is InChI=1S/C17H20N2O4/c1-3-11-17(12-10-14(20)23-4-2)15(21)19(16(22)18-17)13-8-6-5-7-9-13/h3,5-9H,1,4,10-12H2,2H3,(H,18,22). The van der Waals surface area contributed by atoms with Crippen molar-refractivity contribution in [3.8, 4) is 0 Å². The molecular weight excluding hydrogens is 296 g/mol. The van der Waals surface area contributed by atoms with E-state index in [9.17, 15) is 14.4 Å². The van der Waals surface area contributed by atoms with E-state index in [1.165, 1.54) is 0 Å². The molecule has 1 atom stereocenters. The molecule has 122 valence electrons. The number of esters is 1. The highest BCUT2D eigenvalue weighted by Gasteiger charge is 2.50. The summed E-state index contributed by atoms with van der Waals surface area (Å²) in [5.74, 6) is -0.769. The van der Waals surface area contributed by atoms with Gasteiger partial charge in [-0.2, -0.15) is 0 Å². The lowest BCUT2D eigenvalue weighted by Crippen LogP contribution is -2.47. The Labute approximate surface area is 135 Å². The second kappa shape index (κ2) is 7.09. The summed E-state index contributed by atoms with van der Waals surface area (Å²) in [4.78, 5) is 37.8. The highest BCUT2D eigenvalue weighted by atomic mass is 16.5. The van der Waals surface area contributed by atoms with E-state index < -0.39 is 17.5 Å². The Kier molecular flexibility index (Phi) is 5.16. The van der Waals surface area contributed by atoms with Crippen LogP contribution in [0, 0.1) is 0 Å². The summed E-state index contributed by atoms with van der Waals surface area (Å²) >= 11 is 0. The third-order valence-corrected chi connectivity index (χ3v) is 3.73. The van der Waals surface area contributed by atoms with Crippen LogP contribution in [0.15, 0.2) is 43.0 Å². The maximum Gasteiger partial charge on any atom is 0.329 e. The Balaban J connectivity index is 2.23. The van der Waals surface area contributed by atoms with Gasteiger partial charge in [-0.3, -0.25) is 9.59 Å². The molecule has 1 fully saturated rings. The minimum atomic E-state index is -1.15. The Bertz CT molecular complexity index is 614. The SMILES string of the molecule is C=CCC1(CCC(=O)OCC)NC(=O)N(c2ccccc2)C1=O. The summed E-state index contributed by atoms with van der Waals surface area (Å²) < 4.78 is 4.90. The van der Waals surface area contributed by atoms with Crippen LogP contribution in [0.4, 0.5) is 10.5 Å². The number of hydrogen-bond acceptors (Lipinski definition) is 4. The molecule has 23 heavy (non-hydrogen) atoms. The van der Waals surface area contributed by atoms with Crippen LogP contribution in [0.2, 0.25) is 0 Å². The van der Waals surface area contributed by atoms with E-state index >= 15 is 0 Å². The summed E-state index contributed by atoms with van der Waals surface area (Å²) in [7, 11) is 0. The number of urea groups is 1. The Morgan fingerprint density at radius 3 is 2.65 bits per heavy atom. The van der Waals surface area contributed by atoms with Gasteiger partial charge in [0.1, 0.15) is 5.54 Å². The number of anilines is 1. The number of rotatable bonds is 7.